The van der Waals surface area contributed by atoms with Crippen LogP contribution in [0.2, 0.25) is 0 Å². The van der Waals surface area contributed by atoms with Crippen LogP contribution in [-0.2, 0) is 4.79 Å². The largest absolute Gasteiger partial charge is 0.353 e. The number of carbonyl (C=O) groups is 1. The van der Waals surface area contributed by atoms with E-state index in [1.807, 2.05) is 0 Å². The van der Waals surface area contributed by atoms with Crippen LogP contribution in [0.15, 0.2) is 29.2 Å². The molecule has 0 aliphatic heterocycles. The lowest BCUT2D eigenvalue weighted by molar-refractivity contribution is -0.118. The first-order valence-corrected chi connectivity index (χ1v) is 7.93. The Morgan fingerprint density at radius 1 is 1.37 bits per heavy atom. The van der Waals surface area contributed by atoms with Gasteiger partial charge in [0.2, 0.25) is 5.91 Å². The zero-order valence-electron chi connectivity index (χ0n) is 11.6. The number of thioether (sulfide) groups is 1. The molecule has 19 heavy (non-hydrogen) atoms. The van der Waals surface area contributed by atoms with Crippen LogP contribution in [-0.4, -0.2) is 24.2 Å². The molecule has 0 radical (unpaired) electrons. The SMILES string of the molecule is CCNC(C)c1ccc(SCC(=O)NC2CC2)cc1. The number of benzene rings is 1. The van der Waals surface area contributed by atoms with Crippen LogP contribution in [0.5, 0.6) is 0 Å². The summed E-state index contributed by atoms with van der Waals surface area (Å²) in [6.07, 6.45) is 2.29. The van der Waals surface area contributed by atoms with Gasteiger partial charge >= 0.3 is 0 Å². The summed E-state index contributed by atoms with van der Waals surface area (Å²) in [5.74, 6) is 0.663. The third kappa shape index (κ3) is 4.88. The van der Waals surface area contributed by atoms with Crippen molar-refractivity contribution in [3.63, 3.8) is 0 Å². The molecule has 1 aromatic carbocycles. The standard InChI is InChI=1S/C15H22N2OS/c1-3-16-11(2)12-4-8-14(9-5-12)19-10-15(18)17-13-6-7-13/h4-5,8-9,11,13,16H,3,6-7,10H2,1-2H3,(H,17,18). The molecule has 1 saturated carbocycles. The summed E-state index contributed by atoms with van der Waals surface area (Å²) in [5.41, 5.74) is 1.29. The Kier molecular flexibility index (Phi) is 5.28. The van der Waals surface area contributed by atoms with Crippen LogP contribution in [0.4, 0.5) is 0 Å². The highest BCUT2D eigenvalue weighted by Gasteiger charge is 2.22. The van der Waals surface area contributed by atoms with Gasteiger partial charge in [0.15, 0.2) is 0 Å². The zero-order valence-corrected chi connectivity index (χ0v) is 12.4. The minimum Gasteiger partial charge on any atom is -0.353 e. The van der Waals surface area contributed by atoms with Gasteiger partial charge in [0.25, 0.3) is 0 Å². The van der Waals surface area contributed by atoms with E-state index in [9.17, 15) is 4.79 Å². The van der Waals surface area contributed by atoms with Gasteiger partial charge in [0.1, 0.15) is 0 Å². The van der Waals surface area contributed by atoms with Gasteiger partial charge in [-0.1, -0.05) is 19.1 Å². The van der Waals surface area contributed by atoms with Crippen molar-refractivity contribution in [3.8, 4) is 0 Å². The predicted molar refractivity (Wildman–Crippen MR) is 80.4 cm³/mol. The van der Waals surface area contributed by atoms with Crippen LogP contribution in [0.3, 0.4) is 0 Å². The Bertz CT molecular complexity index is 415. The van der Waals surface area contributed by atoms with E-state index in [4.69, 9.17) is 0 Å². The summed E-state index contributed by atoms with van der Waals surface area (Å²) in [6.45, 7) is 5.24. The minimum atomic E-state index is 0.151. The lowest BCUT2D eigenvalue weighted by Gasteiger charge is -2.13. The lowest BCUT2D eigenvalue weighted by Crippen LogP contribution is -2.26. The summed E-state index contributed by atoms with van der Waals surface area (Å²) >= 11 is 1.60. The van der Waals surface area contributed by atoms with Gasteiger partial charge in [-0.25, -0.2) is 0 Å². The molecular formula is C15H22N2OS. The maximum absolute atomic E-state index is 11.6. The van der Waals surface area contributed by atoms with Crippen molar-refractivity contribution in [2.75, 3.05) is 12.3 Å². The first-order chi connectivity index (χ1) is 9.19. The Balaban J connectivity index is 1.79. The molecule has 3 nitrogen and oxygen atoms in total. The topological polar surface area (TPSA) is 41.1 Å². The highest BCUT2D eigenvalue weighted by atomic mass is 32.2. The maximum Gasteiger partial charge on any atom is 0.230 e. The second-order valence-electron chi connectivity index (χ2n) is 4.98. The molecule has 0 aromatic heterocycles. The molecule has 1 atom stereocenters. The van der Waals surface area contributed by atoms with Crippen LogP contribution in [0.1, 0.15) is 38.3 Å². The fourth-order valence-corrected chi connectivity index (χ4v) is 2.63. The molecule has 0 heterocycles. The van der Waals surface area contributed by atoms with E-state index < -0.39 is 0 Å². The van der Waals surface area contributed by atoms with E-state index in [2.05, 4.69) is 48.7 Å². The summed E-state index contributed by atoms with van der Waals surface area (Å²) < 4.78 is 0. The molecule has 1 aliphatic carbocycles. The molecule has 1 amide bonds. The summed E-state index contributed by atoms with van der Waals surface area (Å²) in [4.78, 5) is 12.7. The molecule has 0 spiro atoms. The number of carbonyl (C=O) groups excluding carboxylic acids is 1. The van der Waals surface area contributed by atoms with Crippen LogP contribution < -0.4 is 10.6 Å². The van der Waals surface area contributed by atoms with Gasteiger partial charge in [0.05, 0.1) is 5.75 Å². The molecule has 0 saturated heterocycles. The van der Waals surface area contributed by atoms with E-state index >= 15 is 0 Å². The molecule has 1 aromatic rings. The van der Waals surface area contributed by atoms with Gasteiger partial charge in [0, 0.05) is 17.0 Å². The molecule has 0 bridgehead atoms. The van der Waals surface area contributed by atoms with Crippen molar-refractivity contribution in [1.82, 2.24) is 10.6 Å². The fourth-order valence-electron chi connectivity index (χ4n) is 1.92. The van der Waals surface area contributed by atoms with E-state index in [-0.39, 0.29) is 5.91 Å². The Morgan fingerprint density at radius 3 is 2.63 bits per heavy atom. The monoisotopic (exact) mass is 278 g/mol. The normalized spacial score (nSPS) is 16.1. The van der Waals surface area contributed by atoms with Crippen molar-refractivity contribution < 1.29 is 4.79 Å². The van der Waals surface area contributed by atoms with Gasteiger partial charge in [-0.05, 0) is 44.0 Å². The Labute approximate surface area is 119 Å². The van der Waals surface area contributed by atoms with Crippen molar-refractivity contribution >= 4 is 17.7 Å². The molecule has 1 aliphatic rings. The van der Waals surface area contributed by atoms with Crippen molar-refractivity contribution in [3.05, 3.63) is 29.8 Å². The highest BCUT2D eigenvalue weighted by Crippen LogP contribution is 2.22. The predicted octanol–water partition coefficient (Wildman–Crippen LogP) is 2.73. The number of rotatable bonds is 7. The van der Waals surface area contributed by atoms with Crippen LogP contribution >= 0.6 is 11.8 Å². The summed E-state index contributed by atoms with van der Waals surface area (Å²) in [5, 5.41) is 6.39. The molecule has 1 fully saturated rings. The summed E-state index contributed by atoms with van der Waals surface area (Å²) in [7, 11) is 0. The maximum atomic E-state index is 11.6. The fraction of sp³-hybridized carbons (Fsp3) is 0.533. The van der Waals surface area contributed by atoms with Crippen LogP contribution in [0.25, 0.3) is 0 Å². The van der Waals surface area contributed by atoms with E-state index in [1.165, 1.54) is 5.56 Å². The van der Waals surface area contributed by atoms with E-state index in [0.717, 1.165) is 24.3 Å². The lowest BCUT2D eigenvalue weighted by atomic mass is 10.1. The summed E-state index contributed by atoms with van der Waals surface area (Å²) in [6, 6.07) is 9.29. The number of amides is 1. The molecular weight excluding hydrogens is 256 g/mol. The van der Waals surface area contributed by atoms with Gasteiger partial charge in [-0.2, -0.15) is 0 Å². The van der Waals surface area contributed by atoms with E-state index in [0.29, 0.717) is 17.8 Å². The third-order valence-corrected chi connectivity index (χ3v) is 4.21. The molecule has 4 heteroatoms. The van der Waals surface area contributed by atoms with Crippen molar-refractivity contribution in [1.29, 1.82) is 0 Å². The molecule has 2 rings (SSSR count). The molecule has 104 valence electrons. The quantitative estimate of drug-likeness (QED) is 0.754. The third-order valence-electron chi connectivity index (χ3n) is 3.20. The van der Waals surface area contributed by atoms with Gasteiger partial charge in [-0.15, -0.1) is 11.8 Å². The average Bonchev–Trinajstić information content (AvgIpc) is 3.21. The minimum absolute atomic E-state index is 0.151. The molecule has 1 unspecified atom stereocenters. The Morgan fingerprint density at radius 2 is 2.05 bits per heavy atom. The van der Waals surface area contributed by atoms with Crippen molar-refractivity contribution in [2.24, 2.45) is 0 Å². The average molecular weight is 278 g/mol. The van der Waals surface area contributed by atoms with Crippen LogP contribution in [0, 0.1) is 0 Å². The second kappa shape index (κ2) is 6.96. The first-order valence-electron chi connectivity index (χ1n) is 6.94. The second-order valence-corrected chi connectivity index (χ2v) is 6.03. The first kappa shape index (κ1) is 14.4. The smallest absolute Gasteiger partial charge is 0.230 e. The van der Waals surface area contributed by atoms with Crippen molar-refractivity contribution in [2.45, 2.75) is 43.7 Å². The van der Waals surface area contributed by atoms with Gasteiger partial charge in [-0.3, -0.25) is 4.79 Å². The molecule has 2 N–H and O–H groups in total. The number of hydrogen-bond donors (Lipinski definition) is 2. The Hall–Kier alpha value is -1.00. The highest BCUT2D eigenvalue weighted by molar-refractivity contribution is 8.00. The number of nitrogens with one attached hydrogen (secondary N) is 2. The van der Waals surface area contributed by atoms with E-state index in [1.54, 1.807) is 11.8 Å². The zero-order chi connectivity index (χ0) is 13.7. The number of hydrogen-bond acceptors (Lipinski definition) is 3. The van der Waals surface area contributed by atoms with Gasteiger partial charge < -0.3 is 10.6 Å².